The van der Waals surface area contributed by atoms with E-state index < -0.39 is 0 Å². The number of aryl methyl sites for hydroxylation is 1. The lowest BCUT2D eigenvalue weighted by molar-refractivity contribution is 0.0617. The van der Waals surface area contributed by atoms with Crippen molar-refractivity contribution in [3.63, 3.8) is 0 Å². The molecule has 0 spiro atoms. The molecule has 2 aromatic heterocycles. The van der Waals surface area contributed by atoms with Crippen LogP contribution in [0.25, 0.3) is 22.4 Å². The van der Waals surface area contributed by atoms with Gasteiger partial charge in [-0.2, -0.15) is 0 Å². The Hall–Kier alpha value is -3.88. The summed E-state index contributed by atoms with van der Waals surface area (Å²) in [5.41, 5.74) is 5.09. The first-order valence-corrected chi connectivity index (χ1v) is 12.5. The molecule has 4 rings (SSSR count). The Bertz CT molecular complexity index is 1300. The summed E-state index contributed by atoms with van der Waals surface area (Å²) in [4.78, 5) is 26.2. The lowest BCUT2D eigenvalue weighted by Crippen LogP contribution is -2.36. The molecule has 0 saturated carbocycles. The van der Waals surface area contributed by atoms with Gasteiger partial charge in [0.1, 0.15) is 11.3 Å². The number of carbonyl (C=O) groups excluding carboxylic acids is 1. The van der Waals surface area contributed by atoms with E-state index in [2.05, 4.69) is 37.7 Å². The number of pyridine rings is 1. The quantitative estimate of drug-likeness (QED) is 0.254. The van der Waals surface area contributed by atoms with Gasteiger partial charge >= 0.3 is 6.03 Å². The van der Waals surface area contributed by atoms with Crippen LogP contribution in [-0.4, -0.2) is 47.3 Å². The first-order valence-electron chi connectivity index (χ1n) is 12.5. The SMILES string of the molecule is COCCOCc1cccc(-c2cnc3ccc(NC(=O)NC(C)CCCc4ccccc4)nc3n2)c1. The predicted octanol–water partition coefficient (Wildman–Crippen LogP) is 5.39. The summed E-state index contributed by atoms with van der Waals surface area (Å²) in [6.45, 7) is 3.59. The molecule has 0 aliphatic carbocycles. The van der Waals surface area contributed by atoms with Crippen LogP contribution in [-0.2, 0) is 22.5 Å². The number of methoxy groups -OCH3 is 1. The number of nitrogens with one attached hydrogen (secondary N) is 2. The maximum absolute atomic E-state index is 12.5. The minimum atomic E-state index is -0.288. The molecule has 0 aliphatic heterocycles. The minimum Gasteiger partial charge on any atom is -0.382 e. The molecule has 8 nitrogen and oxygen atoms in total. The zero-order chi connectivity index (χ0) is 25.9. The largest absolute Gasteiger partial charge is 0.382 e. The average Bonchev–Trinajstić information content (AvgIpc) is 2.91. The van der Waals surface area contributed by atoms with Crippen molar-refractivity contribution >= 4 is 23.0 Å². The number of anilines is 1. The van der Waals surface area contributed by atoms with Crippen molar-refractivity contribution in [3.8, 4) is 11.3 Å². The molecule has 1 unspecified atom stereocenters. The van der Waals surface area contributed by atoms with Gasteiger partial charge in [-0.05, 0) is 55.5 Å². The van der Waals surface area contributed by atoms with Crippen molar-refractivity contribution in [1.29, 1.82) is 0 Å². The Labute approximate surface area is 217 Å². The number of amides is 2. The lowest BCUT2D eigenvalue weighted by Gasteiger charge is -2.14. The van der Waals surface area contributed by atoms with Gasteiger partial charge in [0, 0.05) is 18.7 Å². The molecule has 0 aliphatic rings. The zero-order valence-electron chi connectivity index (χ0n) is 21.3. The monoisotopic (exact) mass is 499 g/mol. The summed E-state index contributed by atoms with van der Waals surface area (Å²) in [5, 5.41) is 5.80. The molecule has 4 aromatic rings. The molecular weight excluding hydrogens is 466 g/mol. The van der Waals surface area contributed by atoms with Gasteiger partial charge in [0.25, 0.3) is 0 Å². The Morgan fingerprint density at radius 3 is 2.65 bits per heavy atom. The van der Waals surface area contributed by atoms with Crippen molar-refractivity contribution in [1.82, 2.24) is 20.3 Å². The lowest BCUT2D eigenvalue weighted by atomic mass is 10.1. The number of benzene rings is 2. The molecule has 8 heteroatoms. The minimum absolute atomic E-state index is 0.0429. The summed E-state index contributed by atoms with van der Waals surface area (Å²) >= 11 is 0. The molecule has 2 N–H and O–H groups in total. The third-order valence-corrected chi connectivity index (χ3v) is 5.89. The molecular formula is C29H33N5O3. The smallest absolute Gasteiger partial charge is 0.320 e. The summed E-state index contributed by atoms with van der Waals surface area (Å²) in [6.07, 6.45) is 4.61. The van der Waals surface area contributed by atoms with Gasteiger partial charge in [0.15, 0.2) is 5.65 Å². The third kappa shape index (κ3) is 8.06. The summed E-state index contributed by atoms with van der Waals surface area (Å²) < 4.78 is 10.6. The average molecular weight is 500 g/mol. The fourth-order valence-corrected chi connectivity index (χ4v) is 3.96. The molecule has 0 saturated heterocycles. The highest BCUT2D eigenvalue weighted by atomic mass is 16.5. The second-order valence-corrected chi connectivity index (χ2v) is 8.92. The number of fused-ring (bicyclic) bond motifs is 1. The number of hydrogen-bond acceptors (Lipinski definition) is 6. The highest BCUT2D eigenvalue weighted by Gasteiger charge is 2.10. The Morgan fingerprint density at radius 1 is 0.973 bits per heavy atom. The van der Waals surface area contributed by atoms with Crippen molar-refractivity contribution in [2.24, 2.45) is 0 Å². The van der Waals surface area contributed by atoms with Crippen LogP contribution in [0.2, 0.25) is 0 Å². The maximum Gasteiger partial charge on any atom is 0.320 e. The summed E-state index contributed by atoms with van der Waals surface area (Å²) in [7, 11) is 1.65. The Kier molecular flexibility index (Phi) is 9.51. The van der Waals surface area contributed by atoms with Gasteiger partial charge in [-0.1, -0.05) is 48.5 Å². The maximum atomic E-state index is 12.5. The predicted molar refractivity (Wildman–Crippen MR) is 145 cm³/mol. The van der Waals surface area contributed by atoms with E-state index in [1.807, 2.05) is 49.4 Å². The van der Waals surface area contributed by atoms with Crippen LogP contribution in [0.1, 0.15) is 30.9 Å². The first-order chi connectivity index (χ1) is 18.1. The second kappa shape index (κ2) is 13.4. The van der Waals surface area contributed by atoms with Crippen molar-refractivity contribution in [2.75, 3.05) is 25.6 Å². The number of rotatable bonds is 12. The van der Waals surface area contributed by atoms with Crippen LogP contribution >= 0.6 is 0 Å². The highest BCUT2D eigenvalue weighted by Crippen LogP contribution is 2.21. The van der Waals surface area contributed by atoms with Crippen LogP contribution in [0.3, 0.4) is 0 Å². The topological polar surface area (TPSA) is 98.3 Å². The third-order valence-electron chi connectivity index (χ3n) is 5.89. The highest BCUT2D eigenvalue weighted by molar-refractivity contribution is 5.89. The van der Waals surface area contributed by atoms with Crippen LogP contribution < -0.4 is 10.6 Å². The molecule has 2 amide bonds. The standard InChI is InChI=1S/C29H33N5O3/c1-21(8-6-11-22-9-4-3-5-10-22)31-29(35)34-27-15-14-25-28(33-27)32-26(19-30-25)24-13-7-12-23(18-24)20-37-17-16-36-2/h3-5,7,9-10,12-15,18-19,21H,6,8,11,16-17,20H2,1-2H3,(H2,31,32,33,34,35). The van der Waals surface area contributed by atoms with E-state index in [-0.39, 0.29) is 12.1 Å². The van der Waals surface area contributed by atoms with Gasteiger partial charge in [0.05, 0.1) is 31.7 Å². The van der Waals surface area contributed by atoms with Crippen LogP contribution in [0.5, 0.6) is 0 Å². The molecule has 0 fully saturated rings. The number of ether oxygens (including phenoxy) is 2. The van der Waals surface area contributed by atoms with E-state index in [9.17, 15) is 4.79 Å². The molecule has 37 heavy (non-hydrogen) atoms. The first kappa shape index (κ1) is 26.2. The van der Waals surface area contributed by atoms with E-state index in [4.69, 9.17) is 9.47 Å². The number of urea groups is 1. The van der Waals surface area contributed by atoms with E-state index >= 15 is 0 Å². The fraction of sp³-hybridized carbons (Fsp3) is 0.310. The molecule has 0 radical (unpaired) electrons. The van der Waals surface area contributed by atoms with Gasteiger partial charge < -0.3 is 14.8 Å². The molecule has 0 bridgehead atoms. The van der Waals surface area contributed by atoms with E-state index in [0.29, 0.717) is 42.5 Å². The number of aromatic nitrogens is 3. The molecule has 192 valence electrons. The van der Waals surface area contributed by atoms with Crippen LogP contribution in [0, 0.1) is 0 Å². The molecule has 2 aromatic carbocycles. The fourth-order valence-electron chi connectivity index (χ4n) is 3.96. The van der Waals surface area contributed by atoms with E-state index in [1.54, 1.807) is 25.4 Å². The Morgan fingerprint density at radius 2 is 1.81 bits per heavy atom. The molecule has 2 heterocycles. The number of hydrogen-bond donors (Lipinski definition) is 2. The van der Waals surface area contributed by atoms with Gasteiger partial charge in [-0.3, -0.25) is 10.3 Å². The second-order valence-electron chi connectivity index (χ2n) is 8.92. The number of nitrogens with zero attached hydrogens (tertiary/aromatic N) is 3. The number of carbonyl (C=O) groups is 1. The van der Waals surface area contributed by atoms with Gasteiger partial charge in [-0.15, -0.1) is 0 Å². The van der Waals surface area contributed by atoms with Crippen LogP contribution in [0.4, 0.5) is 10.6 Å². The normalized spacial score (nSPS) is 11.8. The van der Waals surface area contributed by atoms with Crippen molar-refractivity contribution in [2.45, 2.75) is 38.8 Å². The Balaban J connectivity index is 1.34. The summed E-state index contributed by atoms with van der Waals surface area (Å²) in [5.74, 6) is 0.424. The van der Waals surface area contributed by atoms with E-state index in [1.165, 1.54) is 5.56 Å². The summed E-state index contributed by atoms with van der Waals surface area (Å²) in [6, 6.07) is 21.6. The van der Waals surface area contributed by atoms with E-state index in [0.717, 1.165) is 30.4 Å². The van der Waals surface area contributed by atoms with Gasteiger partial charge in [0.2, 0.25) is 0 Å². The van der Waals surface area contributed by atoms with Crippen molar-refractivity contribution in [3.05, 3.63) is 84.1 Å². The van der Waals surface area contributed by atoms with Crippen molar-refractivity contribution < 1.29 is 14.3 Å². The molecule has 1 atom stereocenters. The van der Waals surface area contributed by atoms with Crippen LogP contribution in [0.15, 0.2) is 72.9 Å². The zero-order valence-corrected chi connectivity index (χ0v) is 21.3. The van der Waals surface area contributed by atoms with Gasteiger partial charge in [-0.25, -0.2) is 14.8 Å².